The quantitative estimate of drug-likeness (QED) is 0.136. The van der Waals surface area contributed by atoms with Crippen LogP contribution in [-0.4, -0.2) is 66.8 Å². The van der Waals surface area contributed by atoms with Gasteiger partial charge in [0.1, 0.15) is 6.29 Å². The van der Waals surface area contributed by atoms with Gasteiger partial charge in [-0.2, -0.15) is 64.8 Å². The third-order valence-electron chi connectivity index (χ3n) is 2.98. The van der Waals surface area contributed by atoms with Crippen LogP contribution in [0.25, 0.3) is 0 Å². The molecule has 2 rings (SSSR count). The van der Waals surface area contributed by atoms with Crippen LogP contribution < -0.4 is 0 Å². The van der Waals surface area contributed by atoms with Crippen LogP contribution in [0.1, 0.15) is 15.9 Å². The van der Waals surface area contributed by atoms with Crippen LogP contribution >= 0.6 is 23.2 Å². The van der Waals surface area contributed by atoms with Gasteiger partial charge in [0.15, 0.2) is 0 Å². The van der Waals surface area contributed by atoms with Crippen molar-refractivity contribution in [2.45, 2.75) is 23.1 Å². The summed E-state index contributed by atoms with van der Waals surface area (Å²) in [6, 6.07) is 13.8. The minimum absolute atomic E-state index is 0. The number of aldehydes is 1. The zero-order chi connectivity index (χ0) is 34.4. The maximum atomic E-state index is 10.7. The molecule has 1 radical (unpaired) electrons. The summed E-state index contributed by atoms with van der Waals surface area (Å²) >= 11 is 11.1. The number of hydrogen-bond acceptors (Lipinski definition) is 8. The third kappa shape index (κ3) is 24.6. The van der Waals surface area contributed by atoms with Crippen molar-refractivity contribution >= 4 is 59.8 Å². The molecule has 2 aromatic carbocycles. The zero-order valence-corrected chi connectivity index (χ0v) is 25.8. The summed E-state index contributed by atoms with van der Waals surface area (Å²) in [6.45, 7) is 0.0805. The molecule has 0 fully saturated rings. The predicted molar refractivity (Wildman–Crippen MR) is 127 cm³/mol. The average molecular weight is 778 g/mol. The van der Waals surface area contributed by atoms with Crippen LogP contribution in [0.4, 0.5) is 39.5 Å². The fourth-order valence-corrected chi connectivity index (χ4v) is 1.38. The summed E-state index contributed by atoms with van der Waals surface area (Å²) in [7, 11) is -17.5. The van der Waals surface area contributed by atoms with Gasteiger partial charge in [-0.15, -0.1) is 0 Å². The number of aliphatic hydroxyl groups is 1. The van der Waals surface area contributed by atoms with Crippen molar-refractivity contribution in [3.05, 3.63) is 69.7 Å². The van der Waals surface area contributed by atoms with Crippen LogP contribution in [0.15, 0.2) is 48.5 Å². The van der Waals surface area contributed by atoms with Gasteiger partial charge in [0.25, 0.3) is 0 Å². The van der Waals surface area contributed by atoms with E-state index in [2.05, 4.69) is 0 Å². The molecule has 0 aliphatic carbocycles. The van der Waals surface area contributed by atoms with Gasteiger partial charge in [-0.3, -0.25) is 18.5 Å². The van der Waals surface area contributed by atoms with Crippen molar-refractivity contribution < 1.29 is 114 Å². The van der Waals surface area contributed by atoms with E-state index in [0.29, 0.717) is 15.6 Å². The number of carbonyl (C=O) groups excluding carboxylic acids is 1. The molecule has 0 heterocycles. The molecule has 0 aromatic heterocycles. The molecule has 26 heteroatoms. The van der Waals surface area contributed by atoms with E-state index < -0.39 is 46.9 Å². The minimum Gasteiger partial charge on any atom is -0.392 e. The van der Waals surface area contributed by atoms with E-state index in [9.17, 15) is 44.3 Å². The van der Waals surface area contributed by atoms with Gasteiger partial charge in [0.2, 0.25) is 0 Å². The van der Waals surface area contributed by atoms with E-state index >= 15 is 0 Å². The summed E-state index contributed by atoms with van der Waals surface area (Å²) in [5, 5.41) is 9.94. The van der Waals surface area contributed by atoms with Crippen LogP contribution in [-0.2, 0) is 62.8 Å². The first-order valence-corrected chi connectivity index (χ1v) is 14.2. The van der Waals surface area contributed by atoms with Crippen LogP contribution in [0.5, 0.6) is 0 Å². The van der Waals surface area contributed by atoms with E-state index in [1.165, 1.54) is 0 Å². The molecule has 2 aromatic rings. The van der Waals surface area contributed by atoms with Gasteiger partial charge in [-0.25, -0.2) is 0 Å². The normalized spacial score (nSPS) is 11.7. The number of aliphatic hydroxyl groups excluding tert-OH is 1. The second-order valence-electron chi connectivity index (χ2n) is 6.22. The SMILES string of the molecule is O=Cc1ccc(Cl)cc1.O=S(=O)(O)C(F)(F)F.O=S(=O)(O)C(F)(F)F.O=S(=O)(O)C(F)(F)F.OCc1ccc(Cl)cc1.[Sc]. The molecular weight excluding hydrogens is 763 g/mol. The topological polar surface area (TPSA) is 200 Å². The Kier molecular flexibility index (Phi) is 22.4. The Bertz CT molecular complexity index is 1320. The fourth-order valence-electron chi connectivity index (χ4n) is 1.13. The summed E-state index contributed by atoms with van der Waals surface area (Å²) in [6.07, 6.45) is 0.788. The van der Waals surface area contributed by atoms with Gasteiger partial charge in [-0.1, -0.05) is 47.5 Å². The molecule has 0 aliphatic heterocycles. The van der Waals surface area contributed by atoms with E-state index in [1.54, 1.807) is 48.5 Å². The maximum Gasteiger partial charge on any atom is 0.522 e. The fraction of sp³-hybridized carbons (Fsp3) is 0.235. The Labute approximate surface area is 265 Å². The minimum atomic E-state index is -5.84. The Morgan fingerprint density at radius 1 is 0.581 bits per heavy atom. The first kappa shape index (κ1) is 48.5. The van der Waals surface area contributed by atoms with Crippen molar-refractivity contribution in [2.24, 2.45) is 0 Å². The first-order valence-electron chi connectivity index (χ1n) is 9.08. The molecule has 0 aliphatic rings. The van der Waals surface area contributed by atoms with Crippen molar-refractivity contribution in [3.8, 4) is 0 Å². The summed E-state index contributed by atoms with van der Waals surface area (Å²) in [4.78, 5) is 10.1. The molecule has 0 saturated heterocycles. The molecule has 0 saturated carbocycles. The van der Waals surface area contributed by atoms with E-state index in [1.807, 2.05) is 0 Å². The maximum absolute atomic E-state index is 10.7. The molecule has 0 unspecified atom stereocenters. The van der Waals surface area contributed by atoms with E-state index in [0.717, 1.165) is 11.8 Å². The number of halogens is 11. The summed E-state index contributed by atoms with van der Waals surface area (Å²) < 4.78 is 173. The van der Waals surface area contributed by atoms with Crippen LogP contribution in [0, 0.1) is 0 Å². The van der Waals surface area contributed by atoms with Crippen LogP contribution in [0.2, 0.25) is 10.0 Å². The molecule has 0 atom stereocenters. The van der Waals surface area contributed by atoms with E-state index in [-0.39, 0.29) is 32.5 Å². The molecule has 4 N–H and O–H groups in total. The monoisotopic (exact) mass is 777 g/mol. The number of hydrogen-bond donors (Lipinski definition) is 4. The molecular formula is C17H15Cl2F9O11S3Sc. The summed E-state index contributed by atoms with van der Waals surface area (Å²) in [5.74, 6) is 0. The van der Waals surface area contributed by atoms with Gasteiger partial charge in [0.05, 0.1) is 6.61 Å². The molecule has 0 spiro atoms. The number of rotatable bonds is 2. The third-order valence-corrected chi connectivity index (χ3v) is 5.24. The number of alkyl halides is 9. The van der Waals surface area contributed by atoms with Gasteiger partial charge in [0, 0.05) is 41.5 Å². The van der Waals surface area contributed by atoms with Crippen molar-refractivity contribution in [3.63, 3.8) is 0 Å². The Morgan fingerprint density at radius 3 is 0.953 bits per heavy atom. The van der Waals surface area contributed by atoms with Crippen molar-refractivity contribution in [1.82, 2.24) is 0 Å². The number of benzene rings is 2. The number of carbonyl (C=O) groups is 1. The predicted octanol–water partition coefficient (Wildman–Crippen LogP) is 5.16. The zero-order valence-electron chi connectivity index (χ0n) is 20.0. The second kappa shape index (κ2) is 19.9. The molecule has 0 bridgehead atoms. The largest absolute Gasteiger partial charge is 0.522 e. The smallest absolute Gasteiger partial charge is 0.392 e. The Morgan fingerprint density at radius 2 is 0.791 bits per heavy atom. The molecule has 43 heavy (non-hydrogen) atoms. The summed E-state index contributed by atoms with van der Waals surface area (Å²) in [5.41, 5.74) is -15.1. The molecule has 0 amide bonds. The van der Waals surface area contributed by atoms with Gasteiger partial charge in [-0.05, 0) is 29.8 Å². The first-order chi connectivity index (χ1) is 18.4. The van der Waals surface area contributed by atoms with Crippen molar-refractivity contribution in [1.29, 1.82) is 0 Å². The van der Waals surface area contributed by atoms with E-state index in [4.69, 9.17) is 67.2 Å². The van der Waals surface area contributed by atoms with Crippen molar-refractivity contribution in [2.75, 3.05) is 0 Å². The average Bonchev–Trinajstić information content (AvgIpc) is 2.78. The van der Waals surface area contributed by atoms with Crippen LogP contribution in [0.3, 0.4) is 0 Å². The Hall–Kier alpha value is -1.38. The Balaban J connectivity index is -0.000000220. The standard InChI is InChI=1S/C7H7ClO.C7H5ClO.3CHF3O3S.Sc/c2*8-7-3-1-6(5-9)2-4-7;3*2-1(3,4)8(5,6)7;/h1-4,9H,5H2;1-5H;3*(H,5,6,7);. The molecule has 247 valence electrons. The molecule has 11 nitrogen and oxygen atoms in total. The van der Waals surface area contributed by atoms with Gasteiger partial charge < -0.3 is 5.11 Å². The van der Waals surface area contributed by atoms with Gasteiger partial charge >= 0.3 is 46.9 Å². The second-order valence-corrected chi connectivity index (χ2v) is 11.3.